The molecule has 0 aliphatic carbocycles. The van der Waals surface area contributed by atoms with Gasteiger partial charge in [0, 0.05) is 21.7 Å². The van der Waals surface area contributed by atoms with Crippen LogP contribution >= 0.6 is 15.9 Å². The van der Waals surface area contributed by atoms with Crippen molar-refractivity contribution in [3.05, 3.63) is 69.4 Å². The van der Waals surface area contributed by atoms with Crippen LogP contribution in [0.25, 0.3) is 0 Å². The molecule has 2 aromatic rings. The molecule has 0 aliphatic rings. The summed E-state index contributed by atoms with van der Waals surface area (Å²) in [6.45, 7) is 0. The summed E-state index contributed by atoms with van der Waals surface area (Å²) >= 11 is 3.09. The first-order valence-electron chi connectivity index (χ1n) is 4.93. The standard InChI is InChI=1S/C13H6BrF3O/c14-12-2-1-8(15)6-11(12)13(18)7-3-9(16)5-10(17)4-7/h1-6H. The number of carbonyl (C=O) groups is 1. The topological polar surface area (TPSA) is 17.1 Å². The van der Waals surface area contributed by atoms with E-state index < -0.39 is 23.2 Å². The lowest BCUT2D eigenvalue weighted by atomic mass is 10.0. The summed E-state index contributed by atoms with van der Waals surface area (Å²) in [4.78, 5) is 12.0. The number of hydrogen-bond donors (Lipinski definition) is 0. The Morgan fingerprint density at radius 2 is 1.50 bits per heavy atom. The Hall–Kier alpha value is -1.62. The first kappa shape index (κ1) is 12.8. The van der Waals surface area contributed by atoms with Crippen molar-refractivity contribution in [2.24, 2.45) is 0 Å². The molecule has 92 valence electrons. The Balaban J connectivity index is 2.51. The maximum absolute atomic E-state index is 13.1. The highest BCUT2D eigenvalue weighted by atomic mass is 79.9. The number of carbonyl (C=O) groups excluding carboxylic acids is 1. The van der Waals surface area contributed by atoms with E-state index in [9.17, 15) is 18.0 Å². The molecule has 2 aromatic carbocycles. The van der Waals surface area contributed by atoms with E-state index in [1.807, 2.05) is 0 Å². The fourth-order valence-electron chi connectivity index (χ4n) is 1.51. The maximum atomic E-state index is 13.1. The lowest BCUT2D eigenvalue weighted by Gasteiger charge is -2.04. The molecular weight excluding hydrogens is 309 g/mol. The van der Waals surface area contributed by atoms with Crippen LogP contribution in [-0.2, 0) is 0 Å². The van der Waals surface area contributed by atoms with Crippen LogP contribution in [0, 0.1) is 17.5 Å². The van der Waals surface area contributed by atoms with Crippen LogP contribution in [-0.4, -0.2) is 5.78 Å². The summed E-state index contributed by atoms with van der Waals surface area (Å²) in [7, 11) is 0. The second-order valence-corrected chi connectivity index (χ2v) is 4.47. The van der Waals surface area contributed by atoms with Gasteiger partial charge in [0.15, 0.2) is 5.78 Å². The van der Waals surface area contributed by atoms with Crippen molar-refractivity contribution in [1.29, 1.82) is 0 Å². The van der Waals surface area contributed by atoms with Crippen LogP contribution in [0.15, 0.2) is 40.9 Å². The van der Waals surface area contributed by atoms with Gasteiger partial charge in [0.2, 0.25) is 0 Å². The van der Waals surface area contributed by atoms with E-state index in [1.165, 1.54) is 12.1 Å². The molecule has 0 amide bonds. The molecule has 0 radical (unpaired) electrons. The van der Waals surface area contributed by atoms with Gasteiger partial charge in [-0.2, -0.15) is 0 Å². The summed E-state index contributed by atoms with van der Waals surface area (Å²) in [6, 6.07) is 6.02. The monoisotopic (exact) mass is 314 g/mol. The van der Waals surface area contributed by atoms with E-state index in [4.69, 9.17) is 0 Å². The zero-order valence-electron chi connectivity index (χ0n) is 8.88. The van der Waals surface area contributed by atoms with Gasteiger partial charge in [0.1, 0.15) is 17.5 Å². The summed E-state index contributed by atoms with van der Waals surface area (Å²) in [6.07, 6.45) is 0. The van der Waals surface area contributed by atoms with E-state index in [-0.39, 0.29) is 11.1 Å². The van der Waals surface area contributed by atoms with Crippen LogP contribution in [0.5, 0.6) is 0 Å². The molecule has 0 N–H and O–H groups in total. The van der Waals surface area contributed by atoms with Gasteiger partial charge < -0.3 is 0 Å². The normalized spacial score (nSPS) is 10.4. The van der Waals surface area contributed by atoms with Gasteiger partial charge in [-0.1, -0.05) is 15.9 Å². The Morgan fingerprint density at radius 3 is 2.11 bits per heavy atom. The van der Waals surface area contributed by atoms with Gasteiger partial charge in [-0.25, -0.2) is 13.2 Å². The van der Waals surface area contributed by atoms with Gasteiger partial charge in [-0.05, 0) is 30.3 Å². The van der Waals surface area contributed by atoms with Gasteiger partial charge in [-0.3, -0.25) is 4.79 Å². The summed E-state index contributed by atoms with van der Waals surface area (Å²) < 4.78 is 39.4. The van der Waals surface area contributed by atoms with Crippen molar-refractivity contribution in [3.63, 3.8) is 0 Å². The van der Waals surface area contributed by atoms with E-state index in [2.05, 4.69) is 15.9 Å². The van der Waals surface area contributed by atoms with E-state index >= 15 is 0 Å². The third-order valence-electron chi connectivity index (χ3n) is 2.30. The van der Waals surface area contributed by atoms with Gasteiger partial charge in [0.25, 0.3) is 0 Å². The average Bonchev–Trinajstić information content (AvgIpc) is 2.30. The molecular formula is C13H6BrF3O. The molecule has 0 aromatic heterocycles. The van der Waals surface area contributed by atoms with Crippen LogP contribution < -0.4 is 0 Å². The van der Waals surface area contributed by atoms with Crippen molar-refractivity contribution in [1.82, 2.24) is 0 Å². The minimum atomic E-state index is -0.856. The zero-order chi connectivity index (χ0) is 13.3. The first-order valence-corrected chi connectivity index (χ1v) is 5.72. The maximum Gasteiger partial charge on any atom is 0.194 e. The fraction of sp³-hybridized carbons (Fsp3) is 0. The average molecular weight is 315 g/mol. The van der Waals surface area contributed by atoms with Crippen LogP contribution in [0.1, 0.15) is 15.9 Å². The highest BCUT2D eigenvalue weighted by molar-refractivity contribution is 9.10. The summed E-state index contributed by atoms with van der Waals surface area (Å²) in [5, 5.41) is 0. The SMILES string of the molecule is O=C(c1cc(F)cc(F)c1)c1cc(F)ccc1Br. The molecule has 0 heterocycles. The molecule has 0 atom stereocenters. The van der Waals surface area contributed by atoms with Gasteiger partial charge in [0.05, 0.1) is 0 Å². The van der Waals surface area contributed by atoms with Crippen LogP contribution in [0.3, 0.4) is 0 Å². The van der Waals surface area contributed by atoms with Crippen molar-refractivity contribution in [2.75, 3.05) is 0 Å². The van der Waals surface area contributed by atoms with E-state index in [1.54, 1.807) is 0 Å². The van der Waals surface area contributed by atoms with Crippen molar-refractivity contribution in [2.45, 2.75) is 0 Å². The molecule has 0 fully saturated rings. The van der Waals surface area contributed by atoms with E-state index in [0.717, 1.165) is 18.2 Å². The number of halogens is 4. The predicted octanol–water partition coefficient (Wildman–Crippen LogP) is 4.10. The number of ketones is 1. The number of rotatable bonds is 2. The Kier molecular flexibility index (Phi) is 3.52. The zero-order valence-corrected chi connectivity index (χ0v) is 10.5. The largest absolute Gasteiger partial charge is 0.289 e. The Labute approximate surface area is 109 Å². The molecule has 0 unspecified atom stereocenters. The Morgan fingerprint density at radius 1 is 0.889 bits per heavy atom. The van der Waals surface area contributed by atoms with Gasteiger partial charge in [-0.15, -0.1) is 0 Å². The summed E-state index contributed by atoms with van der Waals surface area (Å²) in [5.41, 5.74) is -0.154. The lowest BCUT2D eigenvalue weighted by Crippen LogP contribution is -2.04. The molecule has 0 saturated carbocycles. The highest BCUT2D eigenvalue weighted by Crippen LogP contribution is 2.22. The third-order valence-corrected chi connectivity index (χ3v) is 2.99. The van der Waals surface area contributed by atoms with Crippen molar-refractivity contribution >= 4 is 21.7 Å². The quantitative estimate of drug-likeness (QED) is 0.763. The highest BCUT2D eigenvalue weighted by Gasteiger charge is 2.15. The molecule has 0 saturated heterocycles. The molecule has 18 heavy (non-hydrogen) atoms. The van der Waals surface area contributed by atoms with Gasteiger partial charge >= 0.3 is 0 Å². The minimum absolute atomic E-state index is 0.0139. The third kappa shape index (κ3) is 2.61. The minimum Gasteiger partial charge on any atom is -0.289 e. The number of benzene rings is 2. The fourth-order valence-corrected chi connectivity index (χ4v) is 1.94. The molecule has 1 nitrogen and oxygen atoms in total. The van der Waals surface area contributed by atoms with Crippen LogP contribution in [0.2, 0.25) is 0 Å². The predicted molar refractivity (Wildman–Crippen MR) is 63.9 cm³/mol. The first-order chi connectivity index (χ1) is 8.47. The Bertz CT molecular complexity index is 605. The summed E-state index contributed by atoms with van der Waals surface area (Å²) in [5.74, 6) is -2.96. The lowest BCUT2D eigenvalue weighted by molar-refractivity contribution is 0.103. The van der Waals surface area contributed by atoms with Crippen LogP contribution in [0.4, 0.5) is 13.2 Å². The van der Waals surface area contributed by atoms with Crippen molar-refractivity contribution < 1.29 is 18.0 Å². The molecule has 0 spiro atoms. The van der Waals surface area contributed by atoms with Crippen molar-refractivity contribution in [3.8, 4) is 0 Å². The molecule has 0 aliphatic heterocycles. The number of hydrogen-bond acceptors (Lipinski definition) is 1. The molecule has 0 bridgehead atoms. The molecule has 2 rings (SSSR count). The second-order valence-electron chi connectivity index (χ2n) is 3.61. The molecule has 5 heteroatoms. The van der Waals surface area contributed by atoms with E-state index in [0.29, 0.717) is 10.5 Å². The second kappa shape index (κ2) is 4.94. The smallest absolute Gasteiger partial charge is 0.194 e.